The summed E-state index contributed by atoms with van der Waals surface area (Å²) in [7, 11) is 0. The smallest absolute Gasteiger partial charge is 0.234 e. The number of halogens is 5. The van der Waals surface area contributed by atoms with Crippen LogP contribution in [0.4, 0.5) is 5.69 Å². The maximum absolute atomic E-state index is 12.4. The summed E-state index contributed by atoms with van der Waals surface area (Å²) in [5, 5.41) is 13.3. The van der Waals surface area contributed by atoms with E-state index in [0.29, 0.717) is 44.0 Å². The van der Waals surface area contributed by atoms with E-state index in [1.807, 2.05) is 0 Å². The summed E-state index contributed by atoms with van der Waals surface area (Å²) in [5.74, 6) is 0.784. The fourth-order valence-corrected chi connectivity index (χ4v) is 4.34. The third-order valence-corrected chi connectivity index (χ3v) is 6.50. The van der Waals surface area contributed by atoms with Gasteiger partial charge in [0, 0.05) is 11.6 Å². The van der Waals surface area contributed by atoms with Crippen molar-refractivity contribution in [1.29, 1.82) is 0 Å². The molecule has 0 aliphatic heterocycles. The third kappa shape index (κ3) is 6.47. The third-order valence-electron chi connectivity index (χ3n) is 3.97. The van der Waals surface area contributed by atoms with Crippen molar-refractivity contribution in [2.45, 2.75) is 18.3 Å². The zero-order valence-corrected chi connectivity index (χ0v) is 20.8. The number of amides is 1. The first kappa shape index (κ1) is 25.0. The van der Waals surface area contributed by atoms with Gasteiger partial charge >= 0.3 is 0 Å². The monoisotopic (exact) mass is 550 g/mol. The average Bonchev–Trinajstić information content (AvgIpc) is 3.12. The number of hydrogen-bond acceptors (Lipinski definition) is 5. The molecule has 0 aliphatic carbocycles. The molecule has 0 bridgehead atoms. The van der Waals surface area contributed by atoms with Gasteiger partial charge in [-0.2, -0.15) is 0 Å². The minimum Gasteiger partial charge on any atom is -0.484 e. The lowest BCUT2D eigenvalue weighted by atomic mass is 10.3. The highest BCUT2D eigenvalue weighted by Crippen LogP contribution is 2.32. The van der Waals surface area contributed by atoms with E-state index in [2.05, 4.69) is 22.1 Å². The highest BCUT2D eigenvalue weighted by atomic mass is 35.5. The maximum atomic E-state index is 12.4. The maximum Gasteiger partial charge on any atom is 0.234 e. The van der Waals surface area contributed by atoms with Crippen LogP contribution in [0.3, 0.4) is 0 Å². The lowest BCUT2D eigenvalue weighted by Gasteiger charge is -2.11. The van der Waals surface area contributed by atoms with Crippen LogP contribution in [-0.2, 0) is 17.9 Å². The second-order valence-corrected chi connectivity index (χ2v) is 9.25. The predicted molar refractivity (Wildman–Crippen MR) is 132 cm³/mol. The second kappa shape index (κ2) is 11.5. The van der Waals surface area contributed by atoms with Gasteiger partial charge in [0.1, 0.15) is 12.4 Å². The van der Waals surface area contributed by atoms with Gasteiger partial charge in [0.2, 0.25) is 5.91 Å². The Labute approximate surface area is 213 Å². The number of nitrogens with zero attached hydrogens (tertiary/aromatic N) is 3. The van der Waals surface area contributed by atoms with E-state index in [4.69, 9.17) is 62.7 Å². The quantitative estimate of drug-likeness (QED) is 0.175. The van der Waals surface area contributed by atoms with Crippen LogP contribution in [-0.4, -0.2) is 26.4 Å². The van der Waals surface area contributed by atoms with Gasteiger partial charge < -0.3 is 10.1 Å². The minimum atomic E-state index is -0.297. The SMILES string of the molecule is C=CCn1c(COc2ccc(Cl)cc2Cl)nnc1SCC(=O)Nc1cc(Cl)c(Cl)cc1Cl. The number of carbonyl (C=O) groups is 1. The zero-order chi connectivity index (χ0) is 23.3. The van der Waals surface area contributed by atoms with Crippen molar-refractivity contribution >= 4 is 81.4 Å². The molecule has 32 heavy (non-hydrogen) atoms. The van der Waals surface area contributed by atoms with E-state index in [0.717, 1.165) is 0 Å². The van der Waals surface area contributed by atoms with Crippen LogP contribution in [0.1, 0.15) is 5.82 Å². The molecule has 0 aliphatic rings. The summed E-state index contributed by atoms with van der Waals surface area (Å²) in [5.41, 5.74) is 0.369. The Kier molecular flexibility index (Phi) is 8.99. The van der Waals surface area contributed by atoms with Crippen molar-refractivity contribution in [2.75, 3.05) is 11.1 Å². The molecule has 1 aromatic heterocycles. The van der Waals surface area contributed by atoms with E-state index < -0.39 is 0 Å². The first-order valence-corrected chi connectivity index (χ1v) is 11.8. The number of carbonyl (C=O) groups excluding carboxylic acids is 1. The zero-order valence-electron chi connectivity index (χ0n) is 16.2. The number of thioether (sulfide) groups is 1. The van der Waals surface area contributed by atoms with Crippen LogP contribution in [0, 0.1) is 0 Å². The topological polar surface area (TPSA) is 69.0 Å². The van der Waals surface area contributed by atoms with Crippen molar-refractivity contribution < 1.29 is 9.53 Å². The highest BCUT2D eigenvalue weighted by Gasteiger charge is 2.16. The molecular formula is C20H15Cl5N4O2S. The van der Waals surface area contributed by atoms with E-state index in [1.165, 1.54) is 23.9 Å². The Morgan fingerprint density at radius 2 is 1.81 bits per heavy atom. The van der Waals surface area contributed by atoms with E-state index >= 15 is 0 Å². The number of anilines is 1. The molecule has 3 aromatic rings. The molecule has 0 atom stereocenters. The van der Waals surface area contributed by atoms with Gasteiger partial charge in [0.25, 0.3) is 0 Å². The number of benzene rings is 2. The molecule has 1 amide bonds. The summed E-state index contributed by atoms with van der Waals surface area (Å²) in [4.78, 5) is 12.4. The molecule has 0 unspecified atom stereocenters. The van der Waals surface area contributed by atoms with Crippen molar-refractivity contribution in [3.05, 3.63) is 73.9 Å². The normalized spacial score (nSPS) is 10.8. The number of nitrogens with one attached hydrogen (secondary N) is 1. The standard InChI is InChI=1S/C20H15Cl5N4O2S/c1-2-5-29-18(9-31-17-4-3-11(21)6-15(17)25)27-28-20(29)32-10-19(30)26-16-8-13(23)12(22)7-14(16)24/h2-4,6-8H,1,5,9-10H2,(H,26,30). The highest BCUT2D eigenvalue weighted by molar-refractivity contribution is 7.99. The summed E-state index contributed by atoms with van der Waals surface area (Å²) in [6, 6.07) is 7.90. The van der Waals surface area contributed by atoms with Crippen molar-refractivity contribution in [3.8, 4) is 5.75 Å². The van der Waals surface area contributed by atoms with Gasteiger partial charge in [0.05, 0.1) is 31.5 Å². The number of allylic oxidation sites excluding steroid dienone is 1. The number of rotatable bonds is 9. The molecule has 0 radical (unpaired) electrons. The fraction of sp³-hybridized carbons (Fsp3) is 0.150. The van der Waals surface area contributed by atoms with Gasteiger partial charge in [-0.15, -0.1) is 16.8 Å². The second-order valence-electron chi connectivity index (χ2n) is 6.24. The Balaban J connectivity index is 1.65. The van der Waals surface area contributed by atoms with Crippen LogP contribution in [0.2, 0.25) is 25.1 Å². The number of ether oxygens (including phenoxy) is 1. The first-order valence-electron chi connectivity index (χ1n) is 8.96. The number of aromatic nitrogens is 3. The molecule has 0 spiro atoms. The Morgan fingerprint density at radius 3 is 2.53 bits per heavy atom. The van der Waals surface area contributed by atoms with Crippen LogP contribution >= 0.6 is 69.8 Å². The van der Waals surface area contributed by atoms with Gasteiger partial charge in [-0.1, -0.05) is 75.8 Å². The van der Waals surface area contributed by atoms with Crippen molar-refractivity contribution in [3.63, 3.8) is 0 Å². The molecule has 0 saturated carbocycles. The average molecular weight is 553 g/mol. The molecular weight excluding hydrogens is 538 g/mol. The Morgan fingerprint density at radius 1 is 1.06 bits per heavy atom. The molecule has 168 valence electrons. The molecule has 1 heterocycles. The lowest BCUT2D eigenvalue weighted by molar-refractivity contribution is -0.113. The predicted octanol–water partition coefficient (Wildman–Crippen LogP) is 7.04. The van der Waals surface area contributed by atoms with Crippen LogP contribution in [0.15, 0.2) is 48.1 Å². The molecule has 0 fully saturated rings. The fourth-order valence-electron chi connectivity index (χ4n) is 2.51. The van der Waals surface area contributed by atoms with Crippen molar-refractivity contribution in [1.82, 2.24) is 14.8 Å². The minimum absolute atomic E-state index is 0.0652. The molecule has 1 N–H and O–H groups in total. The molecule has 12 heteroatoms. The molecule has 2 aromatic carbocycles. The molecule has 6 nitrogen and oxygen atoms in total. The molecule has 0 saturated heterocycles. The lowest BCUT2D eigenvalue weighted by Crippen LogP contribution is -2.15. The van der Waals surface area contributed by atoms with E-state index in [9.17, 15) is 4.79 Å². The summed E-state index contributed by atoms with van der Waals surface area (Å²) in [6.45, 7) is 4.31. The van der Waals surface area contributed by atoms with E-state index in [1.54, 1.807) is 28.8 Å². The van der Waals surface area contributed by atoms with Gasteiger partial charge in [-0.05, 0) is 30.3 Å². The van der Waals surface area contributed by atoms with Crippen LogP contribution < -0.4 is 10.1 Å². The van der Waals surface area contributed by atoms with Gasteiger partial charge in [0.15, 0.2) is 11.0 Å². The van der Waals surface area contributed by atoms with Gasteiger partial charge in [-0.25, -0.2) is 0 Å². The van der Waals surface area contributed by atoms with Crippen LogP contribution in [0.5, 0.6) is 5.75 Å². The Hall–Kier alpha value is -1.61. The summed E-state index contributed by atoms with van der Waals surface area (Å²) in [6.07, 6.45) is 1.70. The summed E-state index contributed by atoms with van der Waals surface area (Å²) < 4.78 is 7.53. The van der Waals surface area contributed by atoms with E-state index in [-0.39, 0.29) is 28.3 Å². The summed E-state index contributed by atoms with van der Waals surface area (Å²) >= 11 is 31.3. The first-order chi connectivity index (χ1) is 15.3. The number of hydrogen-bond donors (Lipinski definition) is 1. The largest absolute Gasteiger partial charge is 0.484 e. The Bertz CT molecular complexity index is 1160. The van der Waals surface area contributed by atoms with Crippen LogP contribution in [0.25, 0.3) is 0 Å². The van der Waals surface area contributed by atoms with Crippen molar-refractivity contribution in [2.24, 2.45) is 0 Å². The van der Waals surface area contributed by atoms with Gasteiger partial charge in [-0.3, -0.25) is 9.36 Å². The molecule has 3 rings (SSSR count).